The summed E-state index contributed by atoms with van der Waals surface area (Å²) in [6, 6.07) is 11.1. The molecule has 10 N–H and O–H groups in total. The number of carboxylic acid groups (broad SMARTS) is 2. The number of aromatic nitrogens is 3. The average Bonchev–Trinajstić information content (AvgIpc) is 3.36. The lowest BCUT2D eigenvalue weighted by atomic mass is 10.1. The van der Waals surface area contributed by atoms with Gasteiger partial charge in [-0.15, -0.1) is 0 Å². The van der Waals surface area contributed by atoms with E-state index in [0.29, 0.717) is 23.3 Å². The zero-order valence-electron chi connectivity index (χ0n) is 21.7. The van der Waals surface area contributed by atoms with E-state index in [0.717, 1.165) is 5.56 Å². The molecule has 0 aliphatic heterocycles. The molecule has 0 bridgehead atoms. The van der Waals surface area contributed by atoms with E-state index in [2.05, 4.69) is 30.9 Å². The van der Waals surface area contributed by atoms with Crippen molar-refractivity contribution in [3.8, 4) is 0 Å². The highest BCUT2D eigenvalue weighted by Gasteiger charge is 2.21. The Bertz CT molecular complexity index is 1600. The number of nitrogens with two attached hydrogens (primary N) is 2. The van der Waals surface area contributed by atoms with E-state index in [1.807, 2.05) is 0 Å². The summed E-state index contributed by atoms with van der Waals surface area (Å²) in [6.07, 6.45) is 2.03. The maximum atomic E-state index is 12.7. The number of nitrogen functional groups attached to an aromatic ring is 2. The SMILES string of the molecule is Nc1nc(N)c2c(CNc3ccc(C(=O)N[C@@H](CCCNC(=O)c4ccccc4C(=O)O)C(=O)O)cc3)c[nH]c2n1. The van der Waals surface area contributed by atoms with Gasteiger partial charge in [0.2, 0.25) is 5.95 Å². The van der Waals surface area contributed by atoms with Crippen LogP contribution >= 0.6 is 0 Å². The second-order valence-electron chi connectivity index (χ2n) is 9.05. The predicted molar refractivity (Wildman–Crippen MR) is 150 cm³/mol. The third kappa shape index (κ3) is 6.86. The number of aromatic amines is 1. The summed E-state index contributed by atoms with van der Waals surface area (Å²) in [4.78, 5) is 59.2. The maximum Gasteiger partial charge on any atom is 0.336 e. The van der Waals surface area contributed by atoms with Crippen molar-refractivity contribution in [3.05, 3.63) is 77.0 Å². The molecule has 2 aromatic carbocycles. The Hall–Kier alpha value is -5.66. The number of fused-ring (bicyclic) bond motifs is 1. The number of hydrogen-bond acceptors (Lipinski definition) is 9. The van der Waals surface area contributed by atoms with Crippen molar-refractivity contribution < 1.29 is 29.4 Å². The smallest absolute Gasteiger partial charge is 0.336 e. The number of hydrogen-bond donors (Lipinski definition) is 8. The molecule has 0 spiro atoms. The van der Waals surface area contributed by atoms with Crippen molar-refractivity contribution >= 4 is 52.2 Å². The summed E-state index contributed by atoms with van der Waals surface area (Å²) in [6.45, 7) is 0.483. The molecule has 2 heterocycles. The van der Waals surface area contributed by atoms with Crippen LogP contribution in [0.15, 0.2) is 54.7 Å². The number of aliphatic carboxylic acids is 1. The number of rotatable bonds is 12. The lowest BCUT2D eigenvalue weighted by Crippen LogP contribution is -2.41. The zero-order chi connectivity index (χ0) is 29.5. The molecule has 212 valence electrons. The quantitative estimate of drug-likeness (QED) is 0.116. The molecule has 4 rings (SSSR count). The lowest BCUT2D eigenvalue weighted by molar-refractivity contribution is -0.139. The fraction of sp³-hybridized carbons (Fsp3) is 0.185. The molecule has 0 saturated carbocycles. The van der Waals surface area contributed by atoms with Gasteiger partial charge in [0.15, 0.2) is 0 Å². The van der Waals surface area contributed by atoms with Gasteiger partial charge in [-0.05, 0) is 49.2 Å². The molecular weight excluding hydrogens is 532 g/mol. The fourth-order valence-electron chi connectivity index (χ4n) is 4.19. The number of carbonyl (C=O) groups excluding carboxylic acids is 2. The lowest BCUT2D eigenvalue weighted by Gasteiger charge is -2.15. The normalized spacial score (nSPS) is 11.5. The Morgan fingerprint density at radius 2 is 1.63 bits per heavy atom. The molecule has 0 radical (unpaired) electrons. The standard InChI is InChI=1S/C27H28N8O6/c28-21-20-15(13-32-22(20)35-27(29)34-21)12-31-16-9-7-14(8-10-16)23(36)33-19(26(40)41)6-3-11-30-24(37)17-4-1-2-5-18(17)25(38)39/h1-2,4-5,7-10,13,19,31H,3,6,11-12H2,(H,30,37)(H,33,36)(H,38,39)(H,40,41)(H5,28,29,32,34,35)/t19-/m0/s1. The minimum Gasteiger partial charge on any atom is -0.480 e. The first kappa shape index (κ1) is 28.4. The number of aromatic carboxylic acids is 1. The summed E-state index contributed by atoms with van der Waals surface area (Å²) < 4.78 is 0. The first-order valence-electron chi connectivity index (χ1n) is 12.5. The van der Waals surface area contributed by atoms with Crippen LogP contribution in [0.25, 0.3) is 11.0 Å². The van der Waals surface area contributed by atoms with Crippen LogP contribution in [0.2, 0.25) is 0 Å². The van der Waals surface area contributed by atoms with Crippen LogP contribution in [0, 0.1) is 0 Å². The van der Waals surface area contributed by atoms with Crippen molar-refractivity contribution in [1.29, 1.82) is 0 Å². The number of H-pyrrole nitrogens is 1. The Balaban J connectivity index is 1.28. The van der Waals surface area contributed by atoms with Crippen LogP contribution in [-0.4, -0.2) is 61.5 Å². The third-order valence-corrected chi connectivity index (χ3v) is 6.25. The van der Waals surface area contributed by atoms with Crippen LogP contribution in [0.4, 0.5) is 17.5 Å². The van der Waals surface area contributed by atoms with Crippen molar-refractivity contribution in [2.75, 3.05) is 23.3 Å². The van der Waals surface area contributed by atoms with Gasteiger partial charge in [0.05, 0.1) is 16.5 Å². The van der Waals surface area contributed by atoms with Gasteiger partial charge in [0, 0.05) is 36.1 Å². The van der Waals surface area contributed by atoms with E-state index >= 15 is 0 Å². The highest BCUT2D eigenvalue weighted by molar-refractivity contribution is 6.04. The van der Waals surface area contributed by atoms with E-state index in [9.17, 15) is 29.4 Å². The van der Waals surface area contributed by atoms with Crippen LogP contribution in [-0.2, 0) is 11.3 Å². The van der Waals surface area contributed by atoms with Gasteiger partial charge in [-0.2, -0.15) is 9.97 Å². The second kappa shape index (κ2) is 12.5. The number of carboxylic acids is 2. The molecular formula is C27H28N8O6. The predicted octanol–water partition coefficient (Wildman–Crippen LogP) is 1.83. The van der Waals surface area contributed by atoms with Gasteiger partial charge >= 0.3 is 11.9 Å². The second-order valence-corrected chi connectivity index (χ2v) is 9.05. The van der Waals surface area contributed by atoms with Gasteiger partial charge in [-0.25, -0.2) is 9.59 Å². The summed E-state index contributed by atoms with van der Waals surface area (Å²) in [5.41, 5.74) is 13.8. The van der Waals surface area contributed by atoms with E-state index in [-0.39, 0.29) is 47.8 Å². The van der Waals surface area contributed by atoms with Gasteiger partial charge in [0.1, 0.15) is 17.5 Å². The fourth-order valence-corrected chi connectivity index (χ4v) is 4.19. The van der Waals surface area contributed by atoms with E-state index in [1.54, 1.807) is 36.5 Å². The highest BCUT2D eigenvalue weighted by Crippen LogP contribution is 2.23. The molecule has 1 atom stereocenters. The van der Waals surface area contributed by atoms with E-state index in [1.165, 1.54) is 18.2 Å². The van der Waals surface area contributed by atoms with Crippen molar-refractivity contribution in [2.24, 2.45) is 0 Å². The topological polar surface area (TPSA) is 238 Å². The van der Waals surface area contributed by atoms with E-state index < -0.39 is 29.8 Å². The first-order chi connectivity index (χ1) is 19.6. The molecule has 0 aliphatic rings. The Morgan fingerprint density at radius 1 is 0.927 bits per heavy atom. The summed E-state index contributed by atoms with van der Waals surface area (Å²) >= 11 is 0. The van der Waals surface area contributed by atoms with Crippen LogP contribution in [0.5, 0.6) is 0 Å². The number of nitrogens with one attached hydrogen (secondary N) is 4. The molecule has 0 saturated heterocycles. The Kier molecular flexibility index (Phi) is 8.62. The highest BCUT2D eigenvalue weighted by atomic mass is 16.4. The van der Waals surface area contributed by atoms with Crippen molar-refractivity contribution in [1.82, 2.24) is 25.6 Å². The molecule has 0 aliphatic carbocycles. The van der Waals surface area contributed by atoms with Crippen molar-refractivity contribution in [3.63, 3.8) is 0 Å². The number of anilines is 3. The number of nitrogens with zero attached hydrogens (tertiary/aromatic N) is 2. The van der Waals surface area contributed by atoms with Crippen LogP contribution in [0.1, 0.15) is 49.5 Å². The molecule has 0 fully saturated rings. The third-order valence-electron chi connectivity index (χ3n) is 6.25. The number of amides is 2. The number of benzene rings is 2. The minimum absolute atomic E-state index is 0.00538. The van der Waals surface area contributed by atoms with Gasteiger partial charge in [0.25, 0.3) is 11.8 Å². The molecule has 0 unspecified atom stereocenters. The average molecular weight is 561 g/mol. The zero-order valence-corrected chi connectivity index (χ0v) is 21.7. The van der Waals surface area contributed by atoms with Crippen LogP contribution < -0.4 is 27.4 Å². The summed E-state index contributed by atoms with van der Waals surface area (Å²) in [5, 5.41) is 27.7. The molecule has 41 heavy (non-hydrogen) atoms. The largest absolute Gasteiger partial charge is 0.480 e. The number of carbonyl (C=O) groups is 4. The monoisotopic (exact) mass is 560 g/mol. The van der Waals surface area contributed by atoms with Crippen LogP contribution in [0.3, 0.4) is 0 Å². The Labute approximate surface area is 233 Å². The molecule has 14 nitrogen and oxygen atoms in total. The van der Waals surface area contributed by atoms with Crippen molar-refractivity contribution in [2.45, 2.75) is 25.4 Å². The summed E-state index contributed by atoms with van der Waals surface area (Å²) in [5.74, 6) is -3.27. The molecule has 14 heteroatoms. The Morgan fingerprint density at radius 3 is 2.32 bits per heavy atom. The summed E-state index contributed by atoms with van der Waals surface area (Å²) in [7, 11) is 0. The minimum atomic E-state index is -1.23. The van der Waals surface area contributed by atoms with Gasteiger partial charge < -0.3 is 42.6 Å². The van der Waals surface area contributed by atoms with Gasteiger partial charge in [-0.1, -0.05) is 12.1 Å². The maximum absolute atomic E-state index is 12.7. The van der Waals surface area contributed by atoms with E-state index in [4.69, 9.17) is 11.5 Å². The molecule has 2 amide bonds. The first-order valence-corrected chi connectivity index (χ1v) is 12.5. The molecule has 4 aromatic rings. The molecule has 2 aromatic heterocycles. The van der Waals surface area contributed by atoms with Gasteiger partial charge in [-0.3, -0.25) is 9.59 Å².